The summed E-state index contributed by atoms with van der Waals surface area (Å²) in [4.78, 5) is 3.83. The molecule has 70 valence electrons. The standard InChI is InChI=1S/C9H11NO2S/c1-3-6-13(11,12)9-5-4-8(2)7-10-9/h3-5,7H,1,6H2,2H3. The number of rotatable bonds is 3. The van der Waals surface area contributed by atoms with Gasteiger partial charge < -0.3 is 0 Å². The van der Waals surface area contributed by atoms with Crippen LogP contribution in [0.1, 0.15) is 5.56 Å². The zero-order valence-corrected chi connectivity index (χ0v) is 8.21. The maximum Gasteiger partial charge on any atom is 0.199 e. The van der Waals surface area contributed by atoms with Crippen molar-refractivity contribution in [3.05, 3.63) is 36.5 Å². The van der Waals surface area contributed by atoms with E-state index < -0.39 is 9.84 Å². The maximum atomic E-state index is 11.4. The number of aryl methyl sites for hydroxylation is 1. The fraction of sp³-hybridized carbons (Fsp3) is 0.222. The molecule has 0 saturated carbocycles. The summed E-state index contributed by atoms with van der Waals surface area (Å²) < 4.78 is 22.8. The van der Waals surface area contributed by atoms with Crippen molar-refractivity contribution in [3.63, 3.8) is 0 Å². The molecule has 0 spiro atoms. The van der Waals surface area contributed by atoms with Crippen molar-refractivity contribution in [3.8, 4) is 0 Å². The molecule has 0 fully saturated rings. The van der Waals surface area contributed by atoms with Crippen LogP contribution in [-0.4, -0.2) is 19.2 Å². The van der Waals surface area contributed by atoms with Gasteiger partial charge in [0.25, 0.3) is 0 Å². The number of aromatic nitrogens is 1. The van der Waals surface area contributed by atoms with E-state index in [1.54, 1.807) is 6.07 Å². The summed E-state index contributed by atoms with van der Waals surface area (Å²) >= 11 is 0. The summed E-state index contributed by atoms with van der Waals surface area (Å²) in [7, 11) is -3.26. The van der Waals surface area contributed by atoms with Crippen LogP contribution in [0.2, 0.25) is 0 Å². The Morgan fingerprint density at radius 2 is 2.23 bits per heavy atom. The third-order valence-corrected chi connectivity index (χ3v) is 3.09. The predicted octanol–water partition coefficient (Wildman–Crippen LogP) is 1.35. The van der Waals surface area contributed by atoms with Crippen LogP contribution in [0.15, 0.2) is 36.0 Å². The highest BCUT2D eigenvalue weighted by molar-refractivity contribution is 7.91. The molecule has 0 unspecified atom stereocenters. The Hall–Kier alpha value is -1.16. The van der Waals surface area contributed by atoms with Gasteiger partial charge in [0.05, 0.1) is 5.75 Å². The summed E-state index contributed by atoms with van der Waals surface area (Å²) in [5, 5.41) is 0.109. The summed E-state index contributed by atoms with van der Waals surface area (Å²) in [6.07, 6.45) is 2.90. The van der Waals surface area contributed by atoms with Gasteiger partial charge in [-0.2, -0.15) is 0 Å². The summed E-state index contributed by atoms with van der Waals surface area (Å²) in [6.45, 7) is 5.24. The third kappa shape index (κ3) is 2.39. The van der Waals surface area contributed by atoms with E-state index in [0.29, 0.717) is 0 Å². The lowest BCUT2D eigenvalue weighted by Gasteiger charge is -1.99. The normalized spacial score (nSPS) is 11.2. The molecule has 1 aromatic heterocycles. The van der Waals surface area contributed by atoms with Crippen molar-refractivity contribution in [2.45, 2.75) is 11.9 Å². The van der Waals surface area contributed by atoms with Crippen LogP contribution in [0.4, 0.5) is 0 Å². The minimum absolute atomic E-state index is 0.0664. The molecule has 13 heavy (non-hydrogen) atoms. The van der Waals surface area contributed by atoms with Crippen LogP contribution < -0.4 is 0 Å². The fourth-order valence-corrected chi connectivity index (χ4v) is 1.85. The lowest BCUT2D eigenvalue weighted by molar-refractivity contribution is 0.595. The molecule has 0 atom stereocenters. The van der Waals surface area contributed by atoms with Crippen molar-refractivity contribution >= 4 is 9.84 Å². The van der Waals surface area contributed by atoms with E-state index in [-0.39, 0.29) is 10.8 Å². The highest BCUT2D eigenvalue weighted by atomic mass is 32.2. The first-order valence-corrected chi connectivity index (χ1v) is 5.48. The molecular formula is C9H11NO2S. The lowest BCUT2D eigenvalue weighted by Crippen LogP contribution is -2.06. The zero-order chi connectivity index (χ0) is 9.90. The molecule has 0 aromatic carbocycles. The topological polar surface area (TPSA) is 47.0 Å². The average molecular weight is 197 g/mol. The SMILES string of the molecule is C=CCS(=O)(=O)c1ccc(C)cn1. The Morgan fingerprint density at radius 1 is 1.54 bits per heavy atom. The van der Waals surface area contributed by atoms with Crippen LogP contribution in [0.3, 0.4) is 0 Å². The van der Waals surface area contributed by atoms with E-state index in [2.05, 4.69) is 11.6 Å². The van der Waals surface area contributed by atoms with E-state index in [1.807, 2.05) is 6.92 Å². The number of sulfone groups is 1. The number of hydrogen-bond donors (Lipinski definition) is 0. The van der Waals surface area contributed by atoms with Crippen LogP contribution in [0.25, 0.3) is 0 Å². The Morgan fingerprint density at radius 3 is 2.69 bits per heavy atom. The van der Waals surface area contributed by atoms with E-state index in [9.17, 15) is 8.42 Å². The Kier molecular flexibility index (Phi) is 2.83. The fourth-order valence-electron chi connectivity index (χ4n) is 0.879. The quantitative estimate of drug-likeness (QED) is 0.687. The van der Waals surface area contributed by atoms with Gasteiger partial charge in [0.15, 0.2) is 14.9 Å². The monoisotopic (exact) mass is 197 g/mol. The average Bonchev–Trinajstić information content (AvgIpc) is 2.05. The molecule has 1 heterocycles. The third-order valence-electron chi connectivity index (χ3n) is 1.54. The summed E-state index contributed by atoms with van der Waals surface area (Å²) in [6, 6.07) is 3.23. The van der Waals surface area contributed by atoms with Crippen LogP contribution in [-0.2, 0) is 9.84 Å². The van der Waals surface area contributed by atoms with Crippen LogP contribution in [0, 0.1) is 6.92 Å². The number of pyridine rings is 1. The Bertz CT molecular complexity index is 392. The smallest absolute Gasteiger partial charge is 0.199 e. The first-order chi connectivity index (χ1) is 6.06. The molecule has 3 nitrogen and oxygen atoms in total. The molecule has 0 radical (unpaired) electrons. The van der Waals surface area contributed by atoms with E-state index >= 15 is 0 Å². The van der Waals surface area contributed by atoms with Gasteiger partial charge in [-0.25, -0.2) is 13.4 Å². The number of nitrogens with zero attached hydrogens (tertiary/aromatic N) is 1. The highest BCUT2D eigenvalue weighted by Gasteiger charge is 2.12. The number of hydrogen-bond acceptors (Lipinski definition) is 3. The largest absolute Gasteiger partial charge is 0.244 e. The molecule has 0 aliphatic heterocycles. The second kappa shape index (κ2) is 3.70. The van der Waals surface area contributed by atoms with Crippen LogP contribution >= 0.6 is 0 Å². The molecule has 0 bridgehead atoms. The summed E-state index contributed by atoms with van der Waals surface area (Å²) in [5.74, 6) is -0.0664. The second-order valence-corrected chi connectivity index (χ2v) is 4.72. The van der Waals surface area contributed by atoms with Gasteiger partial charge in [0.2, 0.25) is 0 Å². The van der Waals surface area contributed by atoms with Crippen molar-refractivity contribution in [2.75, 3.05) is 5.75 Å². The molecule has 1 rings (SSSR count). The molecule has 0 saturated heterocycles. The van der Waals surface area contributed by atoms with Gasteiger partial charge in [-0.3, -0.25) is 0 Å². The molecule has 4 heteroatoms. The lowest BCUT2D eigenvalue weighted by atomic mass is 10.3. The van der Waals surface area contributed by atoms with Gasteiger partial charge in [-0.1, -0.05) is 12.1 Å². The van der Waals surface area contributed by atoms with Gasteiger partial charge in [0, 0.05) is 6.20 Å². The summed E-state index contributed by atoms with van der Waals surface area (Å²) in [5.41, 5.74) is 0.942. The van der Waals surface area contributed by atoms with Crippen molar-refractivity contribution < 1.29 is 8.42 Å². The first kappa shape index (κ1) is 9.92. The van der Waals surface area contributed by atoms with Gasteiger partial charge >= 0.3 is 0 Å². The molecule has 0 N–H and O–H groups in total. The van der Waals surface area contributed by atoms with E-state index in [4.69, 9.17) is 0 Å². The molecule has 0 amide bonds. The van der Waals surface area contributed by atoms with Crippen molar-refractivity contribution in [2.24, 2.45) is 0 Å². The van der Waals surface area contributed by atoms with Crippen LogP contribution in [0.5, 0.6) is 0 Å². The molecule has 0 aliphatic rings. The molecule has 0 aliphatic carbocycles. The first-order valence-electron chi connectivity index (χ1n) is 3.82. The predicted molar refractivity (Wildman–Crippen MR) is 51.2 cm³/mol. The zero-order valence-electron chi connectivity index (χ0n) is 7.40. The maximum absolute atomic E-state index is 11.4. The van der Waals surface area contributed by atoms with E-state index in [1.165, 1.54) is 18.3 Å². The van der Waals surface area contributed by atoms with Crippen molar-refractivity contribution in [1.29, 1.82) is 0 Å². The van der Waals surface area contributed by atoms with Gasteiger partial charge in [0.1, 0.15) is 0 Å². The Balaban J connectivity index is 3.08. The highest BCUT2D eigenvalue weighted by Crippen LogP contribution is 2.07. The van der Waals surface area contributed by atoms with Crippen molar-refractivity contribution in [1.82, 2.24) is 4.98 Å². The van der Waals surface area contributed by atoms with E-state index in [0.717, 1.165) is 5.56 Å². The molecule has 1 aromatic rings. The van der Waals surface area contributed by atoms with Gasteiger partial charge in [-0.05, 0) is 18.6 Å². The minimum Gasteiger partial charge on any atom is -0.244 e. The Labute approximate surface area is 78.0 Å². The van der Waals surface area contributed by atoms with Gasteiger partial charge in [-0.15, -0.1) is 6.58 Å². The minimum atomic E-state index is -3.26. The molecular weight excluding hydrogens is 186 g/mol. The second-order valence-electron chi connectivity index (χ2n) is 2.74.